The van der Waals surface area contributed by atoms with Crippen molar-refractivity contribution in [1.29, 1.82) is 0 Å². The van der Waals surface area contributed by atoms with Gasteiger partial charge < -0.3 is 24.1 Å². The molecule has 0 aliphatic carbocycles. The van der Waals surface area contributed by atoms with Crippen LogP contribution in [0.4, 0.5) is 5.69 Å². The second-order valence-electron chi connectivity index (χ2n) is 7.39. The van der Waals surface area contributed by atoms with E-state index in [1.54, 1.807) is 37.6 Å². The minimum atomic E-state index is -0.746. The van der Waals surface area contributed by atoms with Crippen molar-refractivity contribution in [2.24, 2.45) is 0 Å². The van der Waals surface area contributed by atoms with Crippen LogP contribution in [0.25, 0.3) is 10.9 Å². The first-order valence-electron chi connectivity index (χ1n) is 10.3. The summed E-state index contributed by atoms with van der Waals surface area (Å²) in [5, 5.41) is 3.30. The summed E-state index contributed by atoms with van der Waals surface area (Å²) in [6, 6.07) is 20.3. The molecule has 0 atom stereocenters. The van der Waals surface area contributed by atoms with Crippen molar-refractivity contribution in [3.05, 3.63) is 84.1 Å². The van der Waals surface area contributed by atoms with E-state index < -0.39 is 11.7 Å². The first-order chi connectivity index (χ1) is 16.0. The zero-order chi connectivity index (χ0) is 23.4. The Labute approximate surface area is 191 Å². The van der Waals surface area contributed by atoms with Crippen LogP contribution in [0.15, 0.2) is 72.9 Å². The normalized spacial score (nSPS) is 10.6. The van der Waals surface area contributed by atoms with Gasteiger partial charge in [-0.2, -0.15) is 0 Å². The van der Waals surface area contributed by atoms with Gasteiger partial charge in [0.25, 0.3) is 11.7 Å². The zero-order valence-electron chi connectivity index (χ0n) is 18.6. The molecule has 33 heavy (non-hydrogen) atoms. The molecular weight excluding hydrogens is 420 g/mol. The number of methoxy groups -OCH3 is 3. The molecule has 4 aromatic rings. The van der Waals surface area contributed by atoms with Crippen molar-refractivity contribution in [2.75, 3.05) is 26.6 Å². The van der Waals surface area contributed by atoms with Crippen LogP contribution in [-0.4, -0.2) is 37.6 Å². The van der Waals surface area contributed by atoms with Gasteiger partial charge in [0.05, 0.1) is 26.9 Å². The van der Waals surface area contributed by atoms with E-state index in [2.05, 4.69) is 5.32 Å². The summed E-state index contributed by atoms with van der Waals surface area (Å²) in [6.45, 7) is 0.564. The molecule has 0 radical (unpaired) electrons. The first-order valence-corrected chi connectivity index (χ1v) is 10.3. The lowest BCUT2D eigenvalue weighted by Gasteiger charge is -2.10. The molecule has 0 saturated heterocycles. The van der Waals surface area contributed by atoms with Gasteiger partial charge in [0, 0.05) is 35.4 Å². The highest BCUT2D eigenvalue weighted by Gasteiger charge is 2.23. The Morgan fingerprint density at radius 1 is 0.848 bits per heavy atom. The molecule has 4 rings (SSSR count). The molecule has 0 fully saturated rings. The van der Waals surface area contributed by atoms with E-state index >= 15 is 0 Å². The number of rotatable bonds is 8. The van der Waals surface area contributed by atoms with Crippen LogP contribution in [0, 0.1) is 0 Å². The predicted molar refractivity (Wildman–Crippen MR) is 127 cm³/mol. The molecule has 0 bridgehead atoms. The second kappa shape index (κ2) is 9.48. The number of benzene rings is 3. The molecule has 7 nitrogen and oxygen atoms in total. The van der Waals surface area contributed by atoms with Gasteiger partial charge in [0.1, 0.15) is 5.75 Å². The number of nitrogens with zero attached hydrogens (tertiary/aromatic N) is 1. The maximum absolute atomic E-state index is 13.2. The SMILES string of the molecule is COc1ccc2c(c1)c(C(=O)C(=O)Nc1ccc(OC)c(OC)c1)cn2Cc1ccccc1. The molecule has 1 aromatic heterocycles. The molecule has 0 saturated carbocycles. The molecule has 0 aliphatic heterocycles. The van der Waals surface area contributed by atoms with Crippen LogP contribution >= 0.6 is 0 Å². The molecule has 0 aliphatic rings. The van der Waals surface area contributed by atoms with Gasteiger partial charge in [-0.05, 0) is 35.9 Å². The fourth-order valence-corrected chi connectivity index (χ4v) is 3.72. The van der Waals surface area contributed by atoms with Crippen molar-refractivity contribution in [1.82, 2.24) is 4.57 Å². The Hall–Kier alpha value is -4.26. The minimum Gasteiger partial charge on any atom is -0.497 e. The van der Waals surface area contributed by atoms with Crippen molar-refractivity contribution >= 4 is 28.3 Å². The van der Waals surface area contributed by atoms with Gasteiger partial charge >= 0.3 is 0 Å². The Balaban J connectivity index is 1.67. The fraction of sp³-hybridized carbons (Fsp3) is 0.154. The van der Waals surface area contributed by atoms with Gasteiger partial charge in [0.2, 0.25) is 0 Å². The number of Topliss-reactive ketones (excluding diaryl/α,β-unsaturated/α-hetero) is 1. The predicted octanol–water partition coefficient (Wildman–Crippen LogP) is 4.54. The lowest BCUT2D eigenvalue weighted by molar-refractivity contribution is -0.112. The second-order valence-corrected chi connectivity index (χ2v) is 7.39. The fourth-order valence-electron chi connectivity index (χ4n) is 3.72. The van der Waals surface area contributed by atoms with Crippen LogP contribution < -0.4 is 19.5 Å². The first kappa shape index (κ1) is 22.0. The van der Waals surface area contributed by atoms with Crippen molar-refractivity contribution < 1.29 is 23.8 Å². The Morgan fingerprint density at radius 2 is 1.61 bits per heavy atom. The number of anilines is 1. The van der Waals surface area contributed by atoms with Gasteiger partial charge in [0.15, 0.2) is 11.5 Å². The van der Waals surface area contributed by atoms with Gasteiger partial charge in [-0.25, -0.2) is 0 Å². The number of carbonyl (C=O) groups excluding carboxylic acids is 2. The number of hydrogen-bond acceptors (Lipinski definition) is 5. The van der Waals surface area contributed by atoms with E-state index in [4.69, 9.17) is 14.2 Å². The monoisotopic (exact) mass is 444 g/mol. The van der Waals surface area contributed by atoms with Crippen molar-refractivity contribution in [2.45, 2.75) is 6.54 Å². The number of nitrogens with one attached hydrogen (secondary N) is 1. The number of aromatic nitrogens is 1. The molecule has 0 spiro atoms. The molecule has 1 N–H and O–H groups in total. The van der Waals surface area contributed by atoms with Crippen LogP contribution in [0.1, 0.15) is 15.9 Å². The Bertz CT molecular complexity index is 1310. The van der Waals surface area contributed by atoms with E-state index in [1.807, 2.05) is 47.0 Å². The Kier molecular flexibility index (Phi) is 6.31. The third-order valence-corrected chi connectivity index (χ3v) is 5.38. The Morgan fingerprint density at radius 3 is 2.30 bits per heavy atom. The molecule has 0 unspecified atom stereocenters. The lowest BCUT2D eigenvalue weighted by Crippen LogP contribution is -2.22. The molecular formula is C26H24N2O5. The van der Waals surface area contributed by atoms with Crippen molar-refractivity contribution in [3.63, 3.8) is 0 Å². The topological polar surface area (TPSA) is 78.8 Å². The number of ketones is 1. The number of ether oxygens (including phenoxy) is 3. The van der Waals surface area contributed by atoms with E-state index in [1.165, 1.54) is 14.2 Å². The summed E-state index contributed by atoms with van der Waals surface area (Å²) in [7, 11) is 4.59. The van der Waals surface area contributed by atoms with Crippen LogP contribution in [0.3, 0.4) is 0 Å². The maximum atomic E-state index is 13.2. The summed E-state index contributed by atoms with van der Waals surface area (Å²) in [4.78, 5) is 26.0. The average molecular weight is 444 g/mol. The maximum Gasteiger partial charge on any atom is 0.296 e. The highest BCUT2D eigenvalue weighted by atomic mass is 16.5. The molecule has 1 heterocycles. The quantitative estimate of drug-likeness (QED) is 0.319. The van der Waals surface area contributed by atoms with E-state index in [9.17, 15) is 9.59 Å². The lowest BCUT2D eigenvalue weighted by atomic mass is 10.1. The summed E-state index contributed by atoms with van der Waals surface area (Å²) in [5.74, 6) is 0.192. The van der Waals surface area contributed by atoms with E-state index in [0.29, 0.717) is 40.4 Å². The number of fused-ring (bicyclic) bond motifs is 1. The number of hydrogen-bond donors (Lipinski definition) is 1. The summed E-state index contributed by atoms with van der Waals surface area (Å²) >= 11 is 0. The highest BCUT2D eigenvalue weighted by molar-refractivity contribution is 6.48. The largest absolute Gasteiger partial charge is 0.497 e. The standard InChI is InChI=1S/C26H24N2O5/c1-31-19-10-11-22-20(14-19)21(16-28(22)15-17-7-5-4-6-8-17)25(29)26(30)27-18-9-12-23(32-2)24(13-18)33-3/h4-14,16H,15H2,1-3H3,(H,27,30). The van der Waals surface area contributed by atoms with Crippen molar-refractivity contribution in [3.8, 4) is 17.2 Å². The van der Waals surface area contributed by atoms with Gasteiger partial charge in [-0.1, -0.05) is 30.3 Å². The van der Waals surface area contributed by atoms with Crippen LogP contribution in [-0.2, 0) is 11.3 Å². The third-order valence-electron chi connectivity index (χ3n) is 5.38. The van der Waals surface area contributed by atoms with E-state index in [0.717, 1.165) is 11.1 Å². The van der Waals surface area contributed by atoms with Crippen LogP contribution in [0.5, 0.6) is 17.2 Å². The number of amides is 1. The summed E-state index contributed by atoms with van der Waals surface area (Å²) in [5.41, 5.74) is 2.65. The molecule has 7 heteroatoms. The summed E-state index contributed by atoms with van der Waals surface area (Å²) in [6.07, 6.45) is 1.72. The minimum absolute atomic E-state index is 0.304. The number of carbonyl (C=O) groups is 2. The highest BCUT2D eigenvalue weighted by Crippen LogP contribution is 2.31. The summed E-state index contributed by atoms with van der Waals surface area (Å²) < 4.78 is 17.8. The zero-order valence-corrected chi connectivity index (χ0v) is 18.6. The van der Waals surface area contributed by atoms with Gasteiger partial charge in [-0.15, -0.1) is 0 Å². The smallest absolute Gasteiger partial charge is 0.296 e. The average Bonchev–Trinajstić information content (AvgIpc) is 3.21. The third kappa shape index (κ3) is 4.52. The molecule has 1 amide bonds. The molecule has 3 aromatic carbocycles. The van der Waals surface area contributed by atoms with E-state index in [-0.39, 0.29) is 0 Å². The van der Waals surface area contributed by atoms with Gasteiger partial charge in [-0.3, -0.25) is 9.59 Å². The molecule has 168 valence electrons. The van der Waals surface area contributed by atoms with Crippen LogP contribution in [0.2, 0.25) is 0 Å².